The topological polar surface area (TPSA) is 38.8 Å². The van der Waals surface area contributed by atoms with Crippen LogP contribution in [0.3, 0.4) is 0 Å². The zero-order valence-corrected chi connectivity index (χ0v) is 20.7. The van der Waals surface area contributed by atoms with E-state index < -0.39 is 0 Å². The van der Waals surface area contributed by atoms with Gasteiger partial charge in [-0.3, -0.25) is 9.69 Å². The number of thiocarbonyl (C=S) groups is 1. The van der Waals surface area contributed by atoms with Crippen LogP contribution in [0.25, 0.3) is 6.08 Å². The van der Waals surface area contributed by atoms with Gasteiger partial charge >= 0.3 is 0 Å². The molecule has 0 radical (unpaired) electrons. The van der Waals surface area contributed by atoms with Crippen LogP contribution in [-0.2, 0) is 17.8 Å². The van der Waals surface area contributed by atoms with Gasteiger partial charge in [-0.1, -0.05) is 85.5 Å². The molecule has 0 spiro atoms. The summed E-state index contributed by atoms with van der Waals surface area (Å²) in [6, 6.07) is 25.8. The highest BCUT2D eigenvalue weighted by Crippen LogP contribution is 2.34. The van der Waals surface area contributed by atoms with Crippen LogP contribution < -0.4 is 9.47 Å². The molecule has 0 bridgehead atoms. The Labute approximate surface area is 210 Å². The van der Waals surface area contributed by atoms with Crippen LogP contribution in [0.4, 0.5) is 0 Å². The number of thioether (sulfide) groups is 1. The highest BCUT2D eigenvalue weighted by molar-refractivity contribution is 8.26. The van der Waals surface area contributed by atoms with Crippen LogP contribution in [0.5, 0.6) is 11.5 Å². The summed E-state index contributed by atoms with van der Waals surface area (Å²) in [6.07, 6.45) is 3.67. The number of amides is 1. The highest BCUT2D eigenvalue weighted by Gasteiger charge is 2.31. The zero-order valence-electron chi connectivity index (χ0n) is 19.1. The third-order valence-corrected chi connectivity index (χ3v) is 6.75. The average Bonchev–Trinajstić information content (AvgIpc) is 3.12. The molecule has 0 aliphatic carbocycles. The molecule has 1 aliphatic heterocycles. The highest BCUT2D eigenvalue weighted by atomic mass is 32.2. The second-order valence-corrected chi connectivity index (χ2v) is 9.55. The number of hydrogen-bond acceptors (Lipinski definition) is 5. The molecule has 1 aliphatic rings. The van der Waals surface area contributed by atoms with E-state index >= 15 is 0 Å². The quantitative estimate of drug-likeness (QED) is 0.185. The van der Waals surface area contributed by atoms with Gasteiger partial charge in [-0.25, -0.2) is 0 Å². The molecule has 3 aromatic carbocycles. The zero-order chi connectivity index (χ0) is 23.8. The maximum absolute atomic E-state index is 12.9. The van der Waals surface area contributed by atoms with Crippen LogP contribution in [-0.4, -0.2) is 28.3 Å². The lowest BCUT2D eigenvalue weighted by Crippen LogP contribution is -2.27. The first-order chi connectivity index (χ1) is 16.6. The fourth-order valence-electron chi connectivity index (χ4n) is 3.51. The minimum atomic E-state index is -0.0608. The van der Waals surface area contributed by atoms with Gasteiger partial charge in [0.1, 0.15) is 15.8 Å². The first-order valence-electron chi connectivity index (χ1n) is 11.4. The van der Waals surface area contributed by atoms with E-state index in [0.717, 1.165) is 35.5 Å². The molecular formula is C28H27NO3S2. The van der Waals surface area contributed by atoms with E-state index in [1.165, 1.54) is 17.3 Å². The molecule has 4 rings (SSSR count). The number of carbonyl (C=O) groups excluding carboxylic acids is 1. The number of hydrogen-bond donors (Lipinski definition) is 0. The second-order valence-electron chi connectivity index (χ2n) is 7.87. The molecule has 0 unspecified atom stereocenters. The Kier molecular flexibility index (Phi) is 8.39. The lowest BCUT2D eigenvalue weighted by molar-refractivity contribution is -0.122. The third kappa shape index (κ3) is 6.49. The summed E-state index contributed by atoms with van der Waals surface area (Å²) < 4.78 is 12.3. The van der Waals surface area contributed by atoms with Crippen molar-refractivity contribution < 1.29 is 14.3 Å². The first-order valence-corrected chi connectivity index (χ1v) is 12.6. The Morgan fingerprint density at radius 3 is 2.35 bits per heavy atom. The molecule has 0 N–H and O–H groups in total. The van der Waals surface area contributed by atoms with Crippen molar-refractivity contribution in [1.82, 2.24) is 4.90 Å². The number of aryl methyl sites for hydroxylation is 1. The molecule has 34 heavy (non-hydrogen) atoms. The fourth-order valence-corrected chi connectivity index (χ4v) is 4.76. The largest absolute Gasteiger partial charge is 0.493 e. The van der Waals surface area contributed by atoms with E-state index in [1.807, 2.05) is 72.8 Å². The van der Waals surface area contributed by atoms with Gasteiger partial charge < -0.3 is 9.47 Å². The first kappa shape index (κ1) is 24.0. The predicted octanol–water partition coefficient (Wildman–Crippen LogP) is 6.50. The molecule has 4 nitrogen and oxygen atoms in total. The van der Waals surface area contributed by atoms with E-state index in [4.69, 9.17) is 21.7 Å². The van der Waals surface area contributed by atoms with Gasteiger partial charge in [0, 0.05) is 6.42 Å². The summed E-state index contributed by atoms with van der Waals surface area (Å²) >= 11 is 6.79. The average molecular weight is 490 g/mol. The monoisotopic (exact) mass is 489 g/mol. The van der Waals surface area contributed by atoms with E-state index in [9.17, 15) is 4.79 Å². The van der Waals surface area contributed by atoms with Crippen molar-refractivity contribution in [1.29, 1.82) is 0 Å². The summed E-state index contributed by atoms with van der Waals surface area (Å²) in [5, 5.41) is 0. The minimum Gasteiger partial charge on any atom is -0.493 e. The lowest BCUT2D eigenvalue weighted by atomic mass is 10.2. The van der Waals surface area contributed by atoms with Crippen molar-refractivity contribution in [3.8, 4) is 11.5 Å². The molecule has 0 saturated carbocycles. The number of rotatable bonds is 10. The Bertz CT molecular complexity index is 1160. The summed E-state index contributed by atoms with van der Waals surface area (Å²) in [7, 11) is 0. The minimum absolute atomic E-state index is 0.0608. The summed E-state index contributed by atoms with van der Waals surface area (Å²) in [6.45, 7) is 3.76. The predicted molar refractivity (Wildman–Crippen MR) is 143 cm³/mol. The Balaban J connectivity index is 1.28. The molecule has 1 fully saturated rings. The van der Waals surface area contributed by atoms with Gasteiger partial charge in [0.15, 0.2) is 0 Å². The molecule has 0 atom stereocenters. The van der Waals surface area contributed by atoms with E-state index in [2.05, 4.69) is 19.1 Å². The summed E-state index contributed by atoms with van der Waals surface area (Å²) in [5.74, 6) is 1.58. The normalized spacial score (nSPS) is 14.6. The second kappa shape index (κ2) is 11.9. The fraction of sp³-hybridized carbons (Fsp3) is 0.214. The van der Waals surface area contributed by atoms with E-state index in [1.54, 1.807) is 4.90 Å². The number of carbonyl (C=O) groups is 1. The molecule has 0 aromatic heterocycles. The SMILES string of the molecule is CCc1ccc(OCCCOc2cccc(/C=C3\SC(=S)N(Cc4ccccc4)C3=O)c2)cc1. The van der Waals surface area contributed by atoms with Gasteiger partial charge in [-0.2, -0.15) is 0 Å². The van der Waals surface area contributed by atoms with Gasteiger partial charge in [-0.05, 0) is 53.5 Å². The Morgan fingerprint density at radius 2 is 1.62 bits per heavy atom. The van der Waals surface area contributed by atoms with Crippen molar-refractivity contribution >= 4 is 40.3 Å². The maximum atomic E-state index is 12.9. The van der Waals surface area contributed by atoms with Crippen molar-refractivity contribution in [2.24, 2.45) is 0 Å². The molecule has 6 heteroatoms. The van der Waals surface area contributed by atoms with E-state index in [-0.39, 0.29) is 5.91 Å². The number of ether oxygens (including phenoxy) is 2. The van der Waals surface area contributed by atoms with E-state index in [0.29, 0.717) is 29.0 Å². The Hall–Kier alpha value is -3.09. The van der Waals surface area contributed by atoms with Crippen LogP contribution in [0.15, 0.2) is 83.8 Å². The van der Waals surface area contributed by atoms with Gasteiger partial charge in [0.25, 0.3) is 5.91 Å². The number of benzene rings is 3. The molecule has 174 valence electrons. The molecule has 1 heterocycles. The smallest absolute Gasteiger partial charge is 0.266 e. The van der Waals surface area contributed by atoms with Crippen LogP contribution in [0, 0.1) is 0 Å². The molecule has 3 aromatic rings. The van der Waals surface area contributed by atoms with Crippen LogP contribution in [0.1, 0.15) is 30.0 Å². The number of nitrogens with zero attached hydrogens (tertiary/aromatic N) is 1. The van der Waals surface area contributed by atoms with Gasteiger partial charge in [0.05, 0.1) is 24.7 Å². The lowest BCUT2D eigenvalue weighted by Gasteiger charge is -2.14. The standard InChI is InChI=1S/C28H27NO3S2/c1-2-21-12-14-24(15-13-21)31-16-7-17-32-25-11-6-10-23(18-25)19-26-27(30)29(28(33)34-26)20-22-8-4-3-5-9-22/h3-6,8-15,18-19H,2,7,16-17,20H2,1H3/b26-19-. The summed E-state index contributed by atoms with van der Waals surface area (Å²) in [5.41, 5.74) is 3.26. The van der Waals surface area contributed by atoms with Crippen molar-refractivity contribution in [2.75, 3.05) is 13.2 Å². The molecule has 1 saturated heterocycles. The van der Waals surface area contributed by atoms with Crippen molar-refractivity contribution in [3.05, 3.63) is 100 Å². The van der Waals surface area contributed by atoms with Gasteiger partial charge in [0.2, 0.25) is 0 Å². The maximum Gasteiger partial charge on any atom is 0.266 e. The van der Waals surface area contributed by atoms with Crippen molar-refractivity contribution in [2.45, 2.75) is 26.3 Å². The molecule has 1 amide bonds. The van der Waals surface area contributed by atoms with Gasteiger partial charge in [-0.15, -0.1) is 0 Å². The Morgan fingerprint density at radius 1 is 0.882 bits per heavy atom. The molecular weight excluding hydrogens is 462 g/mol. The summed E-state index contributed by atoms with van der Waals surface area (Å²) in [4.78, 5) is 15.2. The van der Waals surface area contributed by atoms with Crippen LogP contribution >= 0.6 is 24.0 Å². The van der Waals surface area contributed by atoms with Crippen LogP contribution in [0.2, 0.25) is 0 Å². The third-order valence-electron chi connectivity index (χ3n) is 5.37. The van der Waals surface area contributed by atoms with Crippen molar-refractivity contribution in [3.63, 3.8) is 0 Å².